The first kappa shape index (κ1) is 19.3. The van der Waals surface area contributed by atoms with Crippen molar-refractivity contribution in [2.75, 3.05) is 18.9 Å². The summed E-state index contributed by atoms with van der Waals surface area (Å²) in [6.07, 6.45) is 1.97. The molecule has 0 amide bonds. The zero-order valence-electron chi connectivity index (χ0n) is 16.0. The number of hydrogen-bond donors (Lipinski definition) is 0. The summed E-state index contributed by atoms with van der Waals surface area (Å²) in [4.78, 5) is 7.19. The molecule has 6 nitrogen and oxygen atoms in total. The molecule has 0 radical (unpaired) electrons. The van der Waals surface area contributed by atoms with Crippen LogP contribution in [0.4, 0.5) is 0 Å². The van der Waals surface area contributed by atoms with Crippen LogP contribution in [0.25, 0.3) is 11.1 Å². The first-order chi connectivity index (χ1) is 12.2. The Hall–Kier alpha value is -1.44. The molecule has 1 saturated heterocycles. The van der Waals surface area contributed by atoms with Gasteiger partial charge < -0.3 is 9.15 Å². The van der Waals surface area contributed by atoms with Crippen LogP contribution < -0.4 is 0 Å². The second-order valence-electron chi connectivity index (χ2n) is 7.46. The van der Waals surface area contributed by atoms with Crippen LogP contribution in [0.5, 0.6) is 0 Å². The number of oxazole rings is 1. The molecule has 3 rings (SSSR count). The van der Waals surface area contributed by atoms with Crippen LogP contribution in [0.2, 0.25) is 0 Å². The van der Waals surface area contributed by atoms with E-state index in [0.29, 0.717) is 34.5 Å². The predicted octanol–water partition coefficient (Wildman–Crippen LogP) is 3.40. The summed E-state index contributed by atoms with van der Waals surface area (Å²) >= 11 is 0. The summed E-state index contributed by atoms with van der Waals surface area (Å²) < 4.78 is 35.8. The van der Waals surface area contributed by atoms with E-state index >= 15 is 0 Å². The van der Waals surface area contributed by atoms with Gasteiger partial charge >= 0.3 is 0 Å². The lowest BCUT2D eigenvalue weighted by molar-refractivity contribution is -0.0846. The van der Waals surface area contributed by atoms with E-state index in [2.05, 4.69) is 30.7 Å². The van der Waals surface area contributed by atoms with E-state index < -0.39 is 9.84 Å². The lowest BCUT2D eigenvalue weighted by atomic mass is 9.93. The third-order valence-corrected chi connectivity index (χ3v) is 6.81. The lowest BCUT2D eigenvalue weighted by Crippen LogP contribution is -2.45. The second kappa shape index (κ2) is 7.29. The summed E-state index contributed by atoms with van der Waals surface area (Å²) in [5.41, 5.74) is 1.11. The maximum Gasteiger partial charge on any atom is 0.209 e. The molecule has 1 aliphatic rings. The van der Waals surface area contributed by atoms with Crippen molar-refractivity contribution in [3.63, 3.8) is 0 Å². The monoisotopic (exact) mass is 380 g/mol. The van der Waals surface area contributed by atoms with Crippen LogP contribution in [0.1, 0.15) is 46.4 Å². The van der Waals surface area contributed by atoms with Gasteiger partial charge in [-0.1, -0.05) is 13.8 Å². The minimum atomic E-state index is -3.24. The van der Waals surface area contributed by atoms with Crippen LogP contribution in [0.15, 0.2) is 27.5 Å². The molecule has 2 heterocycles. The van der Waals surface area contributed by atoms with Crippen LogP contribution in [0.3, 0.4) is 0 Å². The van der Waals surface area contributed by atoms with E-state index in [-0.39, 0.29) is 11.4 Å². The predicted molar refractivity (Wildman–Crippen MR) is 101 cm³/mol. The standard InChI is InChI=1S/C19H28N2O4S/c1-5-21(14-9-10-24-19(3,4)12-14)13-18-20-16-11-15(26(22,23)6-2)7-8-17(16)25-18/h7-8,11,14H,5-6,9-10,12-13H2,1-4H3. The summed E-state index contributed by atoms with van der Waals surface area (Å²) in [6.45, 7) is 10.3. The highest BCUT2D eigenvalue weighted by atomic mass is 32.2. The Morgan fingerprint density at radius 3 is 2.73 bits per heavy atom. The topological polar surface area (TPSA) is 72.6 Å². The molecule has 7 heteroatoms. The van der Waals surface area contributed by atoms with E-state index in [4.69, 9.17) is 9.15 Å². The Bertz CT molecular complexity index is 873. The Morgan fingerprint density at radius 2 is 2.08 bits per heavy atom. The van der Waals surface area contributed by atoms with Gasteiger partial charge in [-0.05, 0) is 51.4 Å². The first-order valence-electron chi connectivity index (χ1n) is 9.24. The molecule has 26 heavy (non-hydrogen) atoms. The lowest BCUT2D eigenvalue weighted by Gasteiger charge is -2.40. The molecular formula is C19H28N2O4S. The van der Waals surface area contributed by atoms with Gasteiger partial charge in [0.2, 0.25) is 5.89 Å². The number of aromatic nitrogens is 1. The molecule has 1 aromatic heterocycles. The average Bonchev–Trinajstić information content (AvgIpc) is 3.00. The molecule has 0 saturated carbocycles. The Labute approximate surface area is 155 Å². The molecule has 1 aliphatic heterocycles. The molecule has 144 valence electrons. The van der Waals surface area contributed by atoms with Gasteiger partial charge in [0.05, 0.1) is 22.8 Å². The number of benzene rings is 1. The molecule has 2 aromatic rings. The van der Waals surface area contributed by atoms with E-state index in [1.807, 2.05) is 0 Å². The number of sulfone groups is 1. The third-order valence-electron chi connectivity index (χ3n) is 5.07. The molecule has 1 fully saturated rings. The van der Waals surface area contributed by atoms with Crippen molar-refractivity contribution in [1.29, 1.82) is 0 Å². The smallest absolute Gasteiger partial charge is 0.209 e. The van der Waals surface area contributed by atoms with Gasteiger partial charge in [0, 0.05) is 12.6 Å². The van der Waals surface area contributed by atoms with Gasteiger partial charge in [-0.15, -0.1) is 0 Å². The van der Waals surface area contributed by atoms with Gasteiger partial charge in [0.1, 0.15) is 5.52 Å². The minimum absolute atomic E-state index is 0.0758. The van der Waals surface area contributed by atoms with Gasteiger partial charge in [-0.25, -0.2) is 13.4 Å². The maximum atomic E-state index is 12.1. The molecule has 1 aromatic carbocycles. The molecule has 1 atom stereocenters. The normalized spacial score (nSPS) is 20.7. The Balaban J connectivity index is 1.81. The largest absolute Gasteiger partial charge is 0.439 e. The molecule has 0 bridgehead atoms. The number of fused-ring (bicyclic) bond motifs is 1. The van der Waals surface area contributed by atoms with E-state index in [9.17, 15) is 8.42 Å². The van der Waals surface area contributed by atoms with Gasteiger partial charge in [-0.2, -0.15) is 0 Å². The van der Waals surface area contributed by atoms with Gasteiger partial charge in [0.15, 0.2) is 15.4 Å². The van der Waals surface area contributed by atoms with Crippen molar-refractivity contribution in [1.82, 2.24) is 9.88 Å². The van der Waals surface area contributed by atoms with Crippen molar-refractivity contribution in [3.8, 4) is 0 Å². The summed E-state index contributed by atoms with van der Waals surface area (Å²) in [7, 11) is -3.24. The van der Waals surface area contributed by atoms with Gasteiger partial charge in [0.25, 0.3) is 0 Å². The maximum absolute atomic E-state index is 12.1. The minimum Gasteiger partial charge on any atom is -0.439 e. The van der Waals surface area contributed by atoms with Gasteiger partial charge in [-0.3, -0.25) is 4.90 Å². The van der Waals surface area contributed by atoms with Crippen LogP contribution in [-0.4, -0.2) is 48.8 Å². The summed E-state index contributed by atoms with van der Waals surface area (Å²) in [5.74, 6) is 0.698. The van der Waals surface area contributed by atoms with Crippen molar-refractivity contribution < 1.29 is 17.6 Å². The third kappa shape index (κ3) is 4.10. The Kier molecular flexibility index (Phi) is 5.42. The highest BCUT2D eigenvalue weighted by Crippen LogP contribution is 2.29. The van der Waals surface area contributed by atoms with Crippen molar-refractivity contribution in [2.45, 2.75) is 63.6 Å². The zero-order chi connectivity index (χ0) is 18.9. The van der Waals surface area contributed by atoms with Crippen LogP contribution >= 0.6 is 0 Å². The SMILES string of the molecule is CCN(Cc1nc2cc(S(=O)(=O)CC)ccc2o1)C1CCOC(C)(C)C1. The number of nitrogens with zero attached hydrogens (tertiary/aromatic N) is 2. The van der Waals surface area contributed by atoms with E-state index in [1.165, 1.54) is 0 Å². The highest BCUT2D eigenvalue weighted by Gasteiger charge is 2.32. The fourth-order valence-electron chi connectivity index (χ4n) is 3.57. The molecule has 0 spiro atoms. The fourth-order valence-corrected chi connectivity index (χ4v) is 4.47. The molecule has 1 unspecified atom stereocenters. The van der Waals surface area contributed by atoms with Crippen molar-refractivity contribution in [2.24, 2.45) is 0 Å². The van der Waals surface area contributed by atoms with E-state index in [1.54, 1.807) is 25.1 Å². The number of rotatable bonds is 6. The second-order valence-corrected chi connectivity index (χ2v) is 9.74. The number of hydrogen-bond acceptors (Lipinski definition) is 6. The van der Waals surface area contributed by atoms with Crippen LogP contribution in [-0.2, 0) is 21.1 Å². The van der Waals surface area contributed by atoms with Crippen molar-refractivity contribution >= 4 is 20.9 Å². The highest BCUT2D eigenvalue weighted by molar-refractivity contribution is 7.91. The summed E-state index contributed by atoms with van der Waals surface area (Å²) in [5, 5.41) is 0. The summed E-state index contributed by atoms with van der Waals surface area (Å²) in [6, 6.07) is 5.32. The molecule has 0 N–H and O–H groups in total. The zero-order valence-corrected chi connectivity index (χ0v) is 16.8. The number of ether oxygens (including phenoxy) is 1. The first-order valence-corrected chi connectivity index (χ1v) is 10.9. The fraction of sp³-hybridized carbons (Fsp3) is 0.632. The Morgan fingerprint density at radius 1 is 1.31 bits per heavy atom. The molecular weight excluding hydrogens is 352 g/mol. The quantitative estimate of drug-likeness (QED) is 0.765. The van der Waals surface area contributed by atoms with Crippen molar-refractivity contribution in [3.05, 3.63) is 24.1 Å². The average molecular weight is 381 g/mol. The van der Waals surface area contributed by atoms with Crippen LogP contribution in [0, 0.1) is 0 Å². The van der Waals surface area contributed by atoms with E-state index in [0.717, 1.165) is 26.0 Å². The molecule has 0 aliphatic carbocycles.